The van der Waals surface area contributed by atoms with E-state index in [2.05, 4.69) is 106 Å². The van der Waals surface area contributed by atoms with Crippen LogP contribution >= 0.6 is 0 Å². The largest absolute Gasteiger partial charge is 0.479 e. The minimum absolute atomic E-state index is 0. The molecule has 0 amide bonds. The minimum atomic E-state index is 0. The molecule has 5 rings (SSSR count). The van der Waals surface area contributed by atoms with Crippen molar-refractivity contribution in [1.29, 1.82) is 0 Å². The molecule has 0 bridgehead atoms. The Bertz CT molecular complexity index is 1180. The van der Waals surface area contributed by atoms with Crippen LogP contribution in [0, 0.1) is 54.3 Å². The normalized spacial score (nSPS) is 12.2. The molecular formula is C32H33N3Re-2. The predicted molar refractivity (Wildman–Crippen MR) is 148 cm³/mol. The quantitative estimate of drug-likeness (QED) is 0.211. The summed E-state index contributed by atoms with van der Waals surface area (Å²) < 4.78 is 0. The van der Waals surface area contributed by atoms with Crippen molar-refractivity contribution in [2.45, 2.75) is 41.5 Å². The van der Waals surface area contributed by atoms with Crippen molar-refractivity contribution in [1.82, 2.24) is 4.98 Å². The molecule has 0 atom stereocenters. The standard InChI is InChI=1S/C21H25N2.C11H8N.Re/c1-14-9-16(3)20(17(4)10-14)22-7-8-23(13-22)21-18(5)11-15(2)12-19(21)6;1-2-6-10(7-3-1)11-8-4-5-9-12-11;/h7-13H,1-6H3;1-6,8-9H;/q2*-1;. The third-order valence-electron chi connectivity index (χ3n) is 6.07. The number of rotatable bonds is 3. The Hall–Kier alpha value is -3.19. The van der Waals surface area contributed by atoms with Gasteiger partial charge in [0.05, 0.1) is 0 Å². The molecule has 4 aromatic rings. The summed E-state index contributed by atoms with van der Waals surface area (Å²) in [6, 6.07) is 25.8. The summed E-state index contributed by atoms with van der Waals surface area (Å²) in [5.41, 5.74) is 12.4. The molecule has 1 radical (unpaired) electrons. The molecule has 2 heterocycles. The fraction of sp³-hybridized carbons (Fsp3) is 0.188. The molecule has 0 N–H and O–H groups in total. The van der Waals surface area contributed by atoms with Gasteiger partial charge in [-0.1, -0.05) is 47.5 Å². The van der Waals surface area contributed by atoms with Gasteiger partial charge < -0.3 is 14.8 Å². The third-order valence-corrected chi connectivity index (χ3v) is 6.07. The van der Waals surface area contributed by atoms with Crippen LogP contribution in [0.2, 0.25) is 0 Å². The van der Waals surface area contributed by atoms with E-state index >= 15 is 0 Å². The van der Waals surface area contributed by atoms with Crippen molar-refractivity contribution in [3.05, 3.63) is 131 Å². The number of anilines is 2. The molecule has 1 aromatic heterocycles. The zero-order valence-electron chi connectivity index (χ0n) is 21.9. The number of benzene rings is 3. The van der Waals surface area contributed by atoms with E-state index in [0.717, 1.165) is 11.3 Å². The molecule has 0 unspecified atom stereocenters. The van der Waals surface area contributed by atoms with Gasteiger partial charge in [0, 0.05) is 38.0 Å². The molecule has 0 aliphatic carbocycles. The molecule has 36 heavy (non-hydrogen) atoms. The Kier molecular flexibility index (Phi) is 9.26. The molecule has 0 saturated carbocycles. The maximum absolute atomic E-state index is 4.22. The first kappa shape index (κ1) is 27.4. The summed E-state index contributed by atoms with van der Waals surface area (Å²) in [6.07, 6.45) is 6.07. The molecule has 0 spiro atoms. The second-order valence-corrected chi connectivity index (χ2v) is 9.21. The van der Waals surface area contributed by atoms with Crippen molar-refractivity contribution in [3.63, 3.8) is 0 Å². The smallest absolute Gasteiger partial charge is 0.0184 e. The summed E-state index contributed by atoms with van der Waals surface area (Å²) >= 11 is 0. The molecule has 185 valence electrons. The van der Waals surface area contributed by atoms with Crippen LogP contribution in [-0.4, -0.2) is 4.98 Å². The first-order valence-corrected chi connectivity index (χ1v) is 12.0. The van der Waals surface area contributed by atoms with Gasteiger partial charge in [0.15, 0.2) is 0 Å². The number of pyridine rings is 1. The van der Waals surface area contributed by atoms with E-state index in [9.17, 15) is 0 Å². The van der Waals surface area contributed by atoms with Gasteiger partial charge in [-0.2, -0.15) is 0 Å². The molecule has 3 nitrogen and oxygen atoms in total. The van der Waals surface area contributed by atoms with Crippen LogP contribution in [0.25, 0.3) is 11.3 Å². The van der Waals surface area contributed by atoms with E-state index in [1.165, 1.54) is 44.8 Å². The van der Waals surface area contributed by atoms with Gasteiger partial charge in [-0.15, -0.1) is 42.6 Å². The van der Waals surface area contributed by atoms with Crippen LogP contribution in [0.5, 0.6) is 0 Å². The van der Waals surface area contributed by atoms with Gasteiger partial charge in [-0.25, -0.2) is 0 Å². The Labute approximate surface area is 230 Å². The molecular weight excluding hydrogens is 613 g/mol. The summed E-state index contributed by atoms with van der Waals surface area (Å²) in [4.78, 5) is 8.67. The fourth-order valence-corrected chi connectivity index (χ4v) is 4.85. The molecule has 1 aliphatic heterocycles. The topological polar surface area (TPSA) is 19.4 Å². The SMILES string of the molecule is Cc1cc(C)c(N2C=CN(c3c(C)cc(C)cc3C)[CH-]2)c(C)c1.[Re].[c-]1ccccc1-c1ccccn1. The second-order valence-electron chi connectivity index (χ2n) is 9.21. The van der Waals surface area contributed by atoms with Crippen molar-refractivity contribution in [3.8, 4) is 11.3 Å². The summed E-state index contributed by atoms with van der Waals surface area (Å²) in [6.45, 7) is 15.2. The van der Waals surface area contributed by atoms with Gasteiger partial charge in [0.25, 0.3) is 0 Å². The van der Waals surface area contributed by atoms with Gasteiger partial charge >= 0.3 is 0 Å². The third kappa shape index (κ3) is 6.32. The number of nitrogens with zero attached hydrogens (tertiary/aromatic N) is 3. The molecule has 4 heteroatoms. The maximum atomic E-state index is 4.22. The van der Waals surface area contributed by atoms with Crippen LogP contribution in [0.4, 0.5) is 11.4 Å². The fourth-order valence-electron chi connectivity index (χ4n) is 4.85. The number of aromatic nitrogens is 1. The predicted octanol–water partition coefficient (Wildman–Crippen LogP) is 8.00. The first-order chi connectivity index (χ1) is 16.8. The average Bonchev–Trinajstić information content (AvgIpc) is 3.28. The van der Waals surface area contributed by atoms with Crippen molar-refractivity contribution >= 4 is 11.4 Å². The van der Waals surface area contributed by atoms with Crippen LogP contribution in [0.1, 0.15) is 33.4 Å². The van der Waals surface area contributed by atoms with E-state index < -0.39 is 0 Å². The van der Waals surface area contributed by atoms with Crippen molar-refractivity contribution in [2.24, 2.45) is 0 Å². The summed E-state index contributed by atoms with van der Waals surface area (Å²) in [5.74, 6) is 0. The van der Waals surface area contributed by atoms with Crippen LogP contribution in [0.15, 0.2) is 85.3 Å². The average molecular weight is 646 g/mol. The monoisotopic (exact) mass is 646 g/mol. The minimum Gasteiger partial charge on any atom is -0.479 e. The van der Waals surface area contributed by atoms with Gasteiger partial charge in [0.1, 0.15) is 0 Å². The first-order valence-electron chi connectivity index (χ1n) is 12.0. The number of hydrogen-bond acceptors (Lipinski definition) is 3. The van der Waals surface area contributed by atoms with E-state index in [1.54, 1.807) is 6.20 Å². The molecule has 0 fully saturated rings. The second kappa shape index (κ2) is 12.2. The summed E-state index contributed by atoms with van der Waals surface area (Å²) in [7, 11) is 0. The Balaban J connectivity index is 0.000000234. The van der Waals surface area contributed by atoms with Crippen molar-refractivity contribution in [2.75, 3.05) is 9.80 Å². The Morgan fingerprint density at radius 1 is 0.667 bits per heavy atom. The van der Waals surface area contributed by atoms with Gasteiger partial charge in [-0.05, 0) is 88.0 Å². The van der Waals surface area contributed by atoms with E-state index in [0.29, 0.717) is 0 Å². The number of hydrogen-bond donors (Lipinski definition) is 0. The van der Waals surface area contributed by atoms with Crippen LogP contribution in [-0.2, 0) is 20.4 Å². The maximum Gasteiger partial charge on any atom is 0.0184 e. The Morgan fingerprint density at radius 3 is 1.58 bits per heavy atom. The van der Waals surface area contributed by atoms with Crippen molar-refractivity contribution < 1.29 is 20.4 Å². The molecule has 3 aromatic carbocycles. The Morgan fingerprint density at radius 2 is 1.17 bits per heavy atom. The van der Waals surface area contributed by atoms with E-state index in [1.807, 2.05) is 42.5 Å². The van der Waals surface area contributed by atoms with Crippen LogP contribution in [0.3, 0.4) is 0 Å². The van der Waals surface area contributed by atoms with Gasteiger partial charge in [-0.3, -0.25) is 0 Å². The van der Waals surface area contributed by atoms with Gasteiger partial charge in [0.2, 0.25) is 0 Å². The van der Waals surface area contributed by atoms with Crippen LogP contribution < -0.4 is 9.80 Å². The molecule has 0 saturated heterocycles. The summed E-state index contributed by atoms with van der Waals surface area (Å²) in [5, 5.41) is 0. The zero-order chi connectivity index (χ0) is 24.9. The van der Waals surface area contributed by atoms with E-state index in [-0.39, 0.29) is 20.4 Å². The van der Waals surface area contributed by atoms with E-state index in [4.69, 9.17) is 0 Å². The zero-order valence-corrected chi connectivity index (χ0v) is 24.6. The molecule has 1 aliphatic rings. The number of aryl methyl sites for hydroxylation is 6.